The molecule has 4 aromatic rings. The predicted molar refractivity (Wildman–Crippen MR) is 202 cm³/mol. The van der Waals surface area contributed by atoms with Crippen LogP contribution in [0.5, 0.6) is 5.75 Å². The standard InChI is InChI=1S/C40H47F2N7O5/c1-6-32(50)47-19-20-48(26(5)22-47)38-28-21-30(42)36(44-39(28)49(40(53)45-38)37-25(4)12-15-43-35(37)24(2)3)34-29(41)9-7-10-31(34)54-23-27-13-17-46(18-14-27)16-8-11-33(51)52/h6-7,9-10,12,15,21,24,26-27H,1,8,11,13-14,16-20,22-23H2,2-5H3,(H,51,52)/t26-/m0/s1. The first kappa shape index (κ1) is 38.5. The number of piperazine rings is 1. The highest BCUT2D eigenvalue weighted by atomic mass is 19.1. The van der Waals surface area contributed by atoms with Crippen LogP contribution in [0.3, 0.4) is 0 Å². The van der Waals surface area contributed by atoms with Crippen LogP contribution in [0, 0.1) is 24.5 Å². The number of carbonyl (C=O) groups is 2. The summed E-state index contributed by atoms with van der Waals surface area (Å²) in [5, 5.41) is 9.21. The largest absolute Gasteiger partial charge is 0.492 e. The Morgan fingerprint density at radius 3 is 2.54 bits per heavy atom. The average Bonchev–Trinajstić information content (AvgIpc) is 3.14. The molecular formula is C40H47F2N7O5. The first-order chi connectivity index (χ1) is 25.9. The molecule has 0 aliphatic carbocycles. The molecule has 0 bridgehead atoms. The van der Waals surface area contributed by atoms with Crippen molar-refractivity contribution in [2.24, 2.45) is 5.92 Å². The number of hydrogen-bond acceptors (Lipinski definition) is 9. The quantitative estimate of drug-likeness (QED) is 0.179. The van der Waals surface area contributed by atoms with E-state index in [9.17, 15) is 14.4 Å². The van der Waals surface area contributed by atoms with Gasteiger partial charge in [0.25, 0.3) is 0 Å². The van der Waals surface area contributed by atoms with Gasteiger partial charge in [0.2, 0.25) is 5.91 Å². The number of pyridine rings is 2. The molecule has 6 rings (SSSR count). The number of carbonyl (C=O) groups excluding carboxylic acids is 1. The molecule has 286 valence electrons. The lowest BCUT2D eigenvalue weighted by Crippen LogP contribution is -2.54. The number of benzene rings is 1. The summed E-state index contributed by atoms with van der Waals surface area (Å²) in [6, 6.07) is 7.05. The number of amides is 1. The van der Waals surface area contributed by atoms with Crippen molar-refractivity contribution in [2.75, 3.05) is 50.8 Å². The molecule has 0 unspecified atom stereocenters. The van der Waals surface area contributed by atoms with Crippen LogP contribution in [-0.4, -0.2) is 98.2 Å². The summed E-state index contributed by atoms with van der Waals surface area (Å²) in [7, 11) is 0. The van der Waals surface area contributed by atoms with Crippen LogP contribution in [-0.2, 0) is 9.59 Å². The SMILES string of the molecule is C=CC(=O)N1CCN(c2nc(=O)n(-c3c(C)ccnc3C(C)C)c3nc(-c4c(F)cccc4OCC4CCN(CCCC(=O)O)CC4)c(F)cc23)[C@@H](C)C1. The van der Waals surface area contributed by atoms with E-state index in [-0.39, 0.29) is 70.7 Å². The molecule has 0 spiro atoms. The zero-order chi connectivity index (χ0) is 38.7. The Labute approximate surface area is 313 Å². The number of halogens is 2. The fraction of sp³-hybridized carbons (Fsp3) is 0.450. The number of ether oxygens (including phenoxy) is 1. The lowest BCUT2D eigenvalue weighted by molar-refractivity contribution is -0.137. The van der Waals surface area contributed by atoms with E-state index < -0.39 is 23.3 Å². The zero-order valence-corrected chi connectivity index (χ0v) is 31.2. The van der Waals surface area contributed by atoms with Gasteiger partial charge in [-0.15, -0.1) is 0 Å². The molecule has 2 saturated heterocycles. The normalized spacial score (nSPS) is 17.0. The van der Waals surface area contributed by atoms with Crippen LogP contribution < -0.4 is 15.3 Å². The van der Waals surface area contributed by atoms with E-state index in [1.165, 1.54) is 28.8 Å². The van der Waals surface area contributed by atoms with Crippen molar-refractivity contribution >= 4 is 28.7 Å². The maximum absolute atomic E-state index is 16.6. The Kier molecular flexibility index (Phi) is 11.7. The van der Waals surface area contributed by atoms with Gasteiger partial charge in [0.15, 0.2) is 11.5 Å². The molecule has 1 atom stereocenters. The summed E-state index contributed by atoms with van der Waals surface area (Å²) < 4.78 is 40.1. The molecule has 0 radical (unpaired) electrons. The summed E-state index contributed by atoms with van der Waals surface area (Å²) in [6.45, 7) is 14.8. The van der Waals surface area contributed by atoms with Crippen LogP contribution in [0.4, 0.5) is 14.6 Å². The number of rotatable bonds is 12. The lowest BCUT2D eigenvalue weighted by Gasteiger charge is -2.40. The number of anilines is 1. The van der Waals surface area contributed by atoms with Crippen molar-refractivity contribution in [1.29, 1.82) is 0 Å². The molecule has 2 aliphatic heterocycles. The van der Waals surface area contributed by atoms with Gasteiger partial charge < -0.3 is 24.5 Å². The number of carboxylic acids is 1. The van der Waals surface area contributed by atoms with Crippen molar-refractivity contribution in [1.82, 2.24) is 29.3 Å². The number of aryl methyl sites for hydroxylation is 1. The number of aliphatic carboxylic acids is 1. The van der Waals surface area contributed by atoms with Crippen LogP contribution >= 0.6 is 0 Å². The van der Waals surface area contributed by atoms with Gasteiger partial charge in [-0.2, -0.15) is 4.98 Å². The second-order valence-corrected chi connectivity index (χ2v) is 14.5. The molecule has 12 nitrogen and oxygen atoms in total. The maximum atomic E-state index is 16.6. The first-order valence-corrected chi connectivity index (χ1v) is 18.5. The lowest BCUT2D eigenvalue weighted by atomic mass is 9.97. The summed E-state index contributed by atoms with van der Waals surface area (Å²) >= 11 is 0. The summed E-state index contributed by atoms with van der Waals surface area (Å²) in [6.07, 6.45) is 5.29. The molecular weight excluding hydrogens is 696 g/mol. The first-order valence-electron chi connectivity index (χ1n) is 18.5. The monoisotopic (exact) mass is 743 g/mol. The molecule has 5 heterocycles. The van der Waals surface area contributed by atoms with E-state index >= 15 is 8.78 Å². The molecule has 14 heteroatoms. The van der Waals surface area contributed by atoms with Crippen LogP contribution in [0.25, 0.3) is 28.0 Å². The van der Waals surface area contributed by atoms with E-state index in [0.717, 1.165) is 31.5 Å². The number of nitrogens with zero attached hydrogens (tertiary/aromatic N) is 7. The topological polar surface area (TPSA) is 134 Å². The third kappa shape index (κ3) is 7.98. The van der Waals surface area contributed by atoms with E-state index in [1.807, 2.05) is 32.6 Å². The minimum absolute atomic E-state index is 0.0840. The molecule has 1 N–H and O–H groups in total. The van der Waals surface area contributed by atoms with Crippen LogP contribution in [0.1, 0.15) is 63.6 Å². The van der Waals surface area contributed by atoms with E-state index in [0.29, 0.717) is 44.0 Å². The molecule has 3 aromatic heterocycles. The minimum atomic E-state index is -0.819. The van der Waals surface area contributed by atoms with Crippen molar-refractivity contribution in [2.45, 2.75) is 65.3 Å². The van der Waals surface area contributed by atoms with Crippen LogP contribution in [0.15, 0.2) is 54.0 Å². The molecule has 0 saturated carbocycles. The van der Waals surface area contributed by atoms with Crippen molar-refractivity contribution < 1.29 is 28.2 Å². The molecule has 2 aliphatic rings. The number of likely N-dealkylation sites (tertiary alicyclic amines) is 1. The predicted octanol–water partition coefficient (Wildman–Crippen LogP) is 5.73. The highest BCUT2D eigenvalue weighted by Crippen LogP contribution is 2.38. The molecule has 2 fully saturated rings. The highest BCUT2D eigenvalue weighted by Gasteiger charge is 2.31. The van der Waals surface area contributed by atoms with Gasteiger partial charge in [-0.1, -0.05) is 26.5 Å². The number of aromatic nitrogens is 4. The number of carboxylic acid groups (broad SMARTS) is 1. The number of fused-ring (bicyclic) bond motifs is 1. The van der Waals surface area contributed by atoms with Gasteiger partial charge in [0.1, 0.15) is 23.1 Å². The minimum Gasteiger partial charge on any atom is -0.492 e. The second kappa shape index (κ2) is 16.4. The Bertz CT molecular complexity index is 2110. The fourth-order valence-electron chi connectivity index (χ4n) is 7.48. The maximum Gasteiger partial charge on any atom is 0.355 e. The van der Waals surface area contributed by atoms with Crippen molar-refractivity contribution in [3.63, 3.8) is 0 Å². The van der Waals surface area contributed by atoms with Gasteiger partial charge in [-0.3, -0.25) is 14.6 Å². The smallest absolute Gasteiger partial charge is 0.355 e. The van der Waals surface area contributed by atoms with Crippen molar-refractivity contribution in [3.8, 4) is 22.7 Å². The second-order valence-electron chi connectivity index (χ2n) is 14.5. The third-order valence-electron chi connectivity index (χ3n) is 10.4. The average molecular weight is 744 g/mol. The summed E-state index contributed by atoms with van der Waals surface area (Å²) in [5.41, 5.74) is 0.784. The van der Waals surface area contributed by atoms with E-state index in [4.69, 9.17) is 14.8 Å². The van der Waals surface area contributed by atoms with Gasteiger partial charge in [0.05, 0.1) is 28.9 Å². The van der Waals surface area contributed by atoms with Crippen LogP contribution in [0.2, 0.25) is 0 Å². The Morgan fingerprint density at radius 2 is 1.85 bits per heavy atom. The van der Waals surface area contributed by atoms with Gasteiger partial charge in [-0.05, 0) is 100 Å². The number of hydrogen-bond donors (Lipinski definition) is 1. The van der Waals surface area contributed by atoms with Gasteiger partial charge >= 0.3 is 11.7 Å². The van der Waals surface area contributed by atoms with Crippen molar-refractivity contribution in [3.05, 3.63) is 82.6 Å². The molecule has 54 heavy (non-hydrogen) atoms. The Hall–Kier alpha value is -5.24. The zero-order valence-electron chi connectivity index (χ0n) is 31.2. The number of piperidine rings is 1. The third-order valence-corrected chi connectivity index (χ3v) is 10.4. The Morgan fingerprint density at radius 1 is 1.09 bits per heavy atom. The molecule has 1 aromatic carbocycles. The Balaban J connectivity index is 1.42. The molecule has 1 amide bonds. The fourth-order valence-corrected chi connectivity index (χ4v) is 7.48. The van der Waals surface area contributed by atoms with E-state index in [1.54, 1.807) is 23.2 Å². The summed E-state index contributed by atoms with van der Waals surface area (Å²) in [4.78, 5) is 57.2. The van der Waals surface area contributed by atoms with Gasteiger partial charge in [0, 0.05) is 38.3 Å². The highest BCUT2D eigenvalue weighted by molar-refractivity contribution is 5.91. The van der Waals surface area contributed by atoms with E-state index in [2.05, 4.69) is 21.4 Å². The van der Waals surface area contributed by atoms with Gasteiger partial charge in [-0.25, -0.2) is 23.1 Å². The summed E-state index contributed by atoms with van der Waals surface area (Å²) in [5.74, 6) is -2.15.